The van der Waals surface area contributed by atoms with Gasteiger partial charge in [-0.2, -0.15) is 0 Å². The van der Waals surface area contributed by atoms with Gasteiger partial charge in [0.1, 0.15) is 0 Å². The van der Waals surface area contributed by atoms with Crippen LogP contribution >= 0.6 is 11.8 Å². The molecule has 0 atom stereocenters. The van der Waals surface area contributed by atoms with E-state index in [0.29, 0.717) is 0 Å². The van der Waals surface area contributed by atoms with Crippen LogP contribution in [0.2, 0.25) is 0 Å². The van der Waals surface area contributed by atoms with E-state index in [4.69, 9.17) is 0 Å². The van der Waals surface area contributed by atoms with Gasteiger partial charge in [0, 0.05) is 6.54 Å². The number of hydrazine groups is 1. The predicted octanol–water partition coefficient (Wildman–Crippen LogP) is 0.175. The van der Waals surface area contributed by atoms with Crippen molar-refractivity contribution in [1.29, 1.82) is 0 Å². The molecule has 3 heteroatoms. The van der Waals surface area contributed by atoms with Crippen LogP contribution in [0.5, 0.6) is 0 Å². The van der Waals surface area contributed by atoms with Gasteiger partial charge >= 0.3 is 0 Å². The molecule has 0 aromatic heterocycles. The Hall–Kier alpha value is 0.270. The Morgan fingerprint density at radius 1 is 1.29 bits per heavy atom. The largest absolute Gasteiger partial charge is 0.257 e. The molecule has 1 aliphatic rings. The zero-order chi connectivity index (χ0) is 4.95. The van der Waals surface area contributed by atoms with Crippen molar-refractivity contribution in [2.45, 2.75) is 6.42 Å². The van der Waals surface area contributed by atoms with Crippen LogP contribution in [0.1, 0.15) is 6.42 Å². The van der Waals surface area contributed by atoms with Gasteiger partial charge in [0.15, 0.2) is 0 Å². The molecule has 1 fully saturated rings. The first-order valence-corrected chi connectivity index (χ1v) is 3.69. The topological polar surface area (TPSA) is 24.1 Å². The Kier molecular flexibility index (Phi) is 2.55. The van der Waals surface area contributed by atoms with Crippen LogP contribution in [0.4, 0.5) is 0 Å². The lowest BCUT2D eigenvalue weighted by molar-refractivity contribution is 0.593. The summed E-state index contributed by atoms with van der Waals surface area (Å²) in [4.78, 5) is 0. The van der Waals surface area contributed by atoms with Gasteiger partial charge in [-0.3, -0.25) is 5.43 Å². The monoisotopic (exact) mass is 118 g/mol. The molecule has 2 nitrogen and oxygen atoms in total. The molecule has 1 saturated heterocycles. The molecule has 0 aromatic carbocycles. The van der Waals surface area contributed by atoms with E-state index >= 15 is 0 Å². The lowest BCUT2D eigenvalue weighted by atomic mass is 10.5. The van der Waals surface area contributed by atoms with Crippen LogP contribution in [0.3, 0.4) is 0 Å². The molecule has 1 heterocycles. The van der Waals surface area contributed by atoms with Crippen molar-refractivity contribution in [1.82, 2.24) is 10.9 Å². The summed E-state index contributed by atoms with van der Waals surface area (Å²) < 4.78 is 0. The Labute approximate surface area is 48.0 Å². The van der Waals surface area contributed by atoms with E-state index in [9.17, 15) is 0 Å². The van der Waals surface area contributed by atoms with Crippen molar-refractivity contribution < 1.29 is 0 Å². The van der Waals surface area contributed by atoms with Crippen LogP contribution in [0.15, 0.2) is 0 Å². The summed E-state index contributed by atoms with van der Waals surface area (Å²) in [6, 6.07) is 0. The highest BCUT2D eigenvalue weighted by molar-refractivity contribution is 7.99. The quantitative estimate of drug-likeness (QED) is 0.474. The van der Waals surface area contributed by atoms with Crippen LogP contribution in [0, 0.1) is 0 Å². The third-order valence-corrected chi connectivity index (χ3v) is 1.82. The summed E-state index contributed by atoms with van der Waals surface area (Å²) in [6.45, 7) is 1.12. The van der Waals surface area contributed by atoms with Crippen LogP contribution in [-0.4, -0.2) is 18.2 Å². The van der Waals surface area contributed by atoms with Gasteiger partial charge in [0.05, 0.1) is 5.88 Å². The van der Waals surface area contributed by atoms with Crippen LogP contribution in [-0.2, 0) is 0 Å². The third kappa shape index (κ3) is 2.16. The fourth-order valence-electron chi connectivity index (χ4n) is 0.525. The van der Waals surface area contributed by atoms with E-state index < -0.39 is 0 Å². The first-order chi connectivity index (χ1) is 3.50. The van der Waals surface area contributed by atoms with Crippen molar-refractivity contribution in [3.63, 3.8) is 0 Å². The average Bonchev–Trinajstić information content (AvgIpc) is 1.90. The summed E-state index contributed by atoms with van der Waals surface area (Å²) in [5.41, 5.74) is 6.14. The van der Waals surface area contributed by atoms with Gasteiger partial charge < -0.3 is 0 Å². The lowest BCUT2D eigenvalue weighted by Crippen LogP contribution is -2.29. The molecule has 0 amide bonds. The molecule has 0 aromatic rings. The second-order valence-corrected chi connectivity index (χ2v) is 2.61. The summed E-state index contributed by atoms with van der Waals surface area (Å²) in [7, 11) is 0. The zero-order valence-electron chi connectivity index (χ0n) is 4.24. The maximum Gasteiger partial charge on any atom is 0.0556 e. The minimum absolute atomic E-state index is 1.06. The zero-order valence-corrected chi connectivity index (χ0v) is 5.05. The standard InChI is InChI=1S/C4H10N2S/c1-2-5-6-4-7-3-1/h5-6H,1-4H2. The number of hydrogen-bond donors (Lipinski definition) is 2. The Morgan fingerprint density at radius 3 is 3.29 bits per heavy atom. The fourth-order valence-corrected chi connectivity index (χ4v) is 1.22. The molecule has 0 unspecified atom stereocenters. The second-order valence-electron chi connectivity index (χ2n) is 1.51. The summed E-state index contributed by atoms with van der Waals surface area (Å²) in [5, 5.41) is 0. The van der Waals surface area contributed by atoms with Crippen LogP contribution in [0.25, 0.3) is 0 Å². The highest BCUT2D eigenvalue weighted by atomic mass is 32.2. The fraction of sp³-hybridized carbons (Fsp3) is 1.00. The second kappa shape index (κ2) is 3.29. The van der Waals surface area contributed by atoms with E-state index in [1.807, 2.05) is 11.8 Å². The molecule has 0 saturated carbocycles. The number of thioether (sulfide) groups is 1. The normalized spacial score (nSPS) is 24.0. The van der Waals surface area contributed by atoms with Gasteiger partial charge in [0.2, 0.25) is 0 Å². The molecule has 0 aliphatic carbocycles. The molecule has 0 spiro atoms. The molecule has 2 N–H and O–H groups in total. The number of hydrogen-bond acceptors (Lipinski definition) is 3. The maximum atomic E-state index is 3.08. The Balaban J connectivity index is 2.04. The molecule has 42 valence electrons. The van der Waals surface area contributed by atoms with Crippen molar-refractivity contribution >= 4 is 11.8 Å². The number of nitrogens with one attached hydrogen (secondary N) is 2. The van der Waals surface area contributed by atoms with E-state index in [2.05, 4.69) is 10.9 Å². The van der Waals surface area contributed by atoms with Gasteiger partial charge in [-0.15, -0.1) is 11.8 Å². The molecule has 0 bridgehead atoms. The smallest absolute Gasteiger partial charge is 0.0556 e. The van der Waals surface area contributed by atoms with Gasteiger partial charge in [-0.25, -0.2) is 5.43 Å². The van der Waals surface area contributed by atoms with Gasteiger partial charge in [-0.05, 0) is 12.2 Å². The summed E-state index contributed by atoms with van der Waals surface area (Å²) in [6.07, 6.45) is 1.29. The summed E-state index contributed by atoms with van der Waals surface area (Å²) in [5.74, 6) is 2.35. The van der Waals surface area contributed by atoms with E-state index in [-0.39, 0.29) is 0 Å². The van der Waals surface area contributed by atoms with Gasteiger partial charge in [-0.1, -0.05) is 0 Å². The van der Waals surface area contributed by atoms with Crippen LogP contribution < -0.4 is 10.9 Å². The first kappa shape index (κ1) is 5.41. The van der Waals surface area contributed by atoms with Gasteiger partial charge in [0.25, 0.3) is 0 Å². The number of rotatable bonds is 0. The first-order valence-electron chi connectivity index (χ1n) is 2.53. The minimum Gasteiger partial charge on any atom is -0.257 e. The molecular weight excluding hydrogens is 108 g/mol. The predicted molar refractivity (Wildman–Crippen MR) is 33.1 cm³/mol. The lowest BCUT2D eigenvalue weighted by Gasteiger charge is -1.95. The molecule has 7 heavy (non-hydrogen) atoms. The summed E-state index contributed by atoms with van der Waals surface area (Å²) >= 11 is 1.94. The highest BCUT2D eigenvalue weighted by Crippen LogP contribution is 1.99. The highest BCUT2D eigenvalue weighted by Gasteiger charge is 1.92. The Bertz CT molecular complexity index is 29.3. The molecule has 0 radical (unpaired) electrons. The molecule has 1 aliphatic heterocycles. The van der Waals surface area contributed by atoms with E-state index in [0.717, 1.165) is 12.4 Å². The Morgan fingerprint density at radius 2 is 2.29 bits per heavy atom. The maximum absolute atomic E-state index is 3.08. The van der Waals surface area contributed by atoms with Crippen molar-refractivity contribution in [3.8, 4) is 0 Å². The SMILES string of the molecule is C1CNNCSC1. The van der Waals surface area contributed by atoms with Crippen molar-refractivity contribution in [2.75, 3.05) is 18.2 Å². The van der Waals surface area contributed by atoms with E-state index in [1.165, 1.54) is 12.2 Å². The molecule has 1 rings (SSSR count). The van der Waals surface area contributed by atoms with E-state index in [1.54, 1.807) is 0 Å². The third-order valence-electron chi connectivity index (χ3n) is 0.890. The van der Waals surface area contributed by atoms with Crippen molar-refractivity contribution in [3.05, 3.63) is 0 Å². The van der Waals surface area contributed by atoms with Crippen molar-refractivity contribution in [2.24, 2.45) is 0 Å². The average molecular weight is 118 g/mol. The molecular formula is C4H10N2S. The minimum atomic E-state index is 1.06.